The molecule has 12 heteroatoms. The number of benzene rings is 2. The lowest BCUT2D eigenvalue weighted by atomic mass is 10.1. The molecule has 1 aromatic heterocycles. The Morgan fingerprint density at radius 2 is 1.81 bits per heavy atom. The molecule has 0 aliphatic rings. The van der Waals surface area contributed by atoms with E-state index in [1.165, 1.54) is 23.5 Å². The predicted octanol–water partition coefficient (Wildman–Crippen LogP) is 4.79. The van der Waals surface area contributed by atoms with Gasteiger partial charge in [0.1, 0.15) is 0 Å². The maximum atomic E-state index is 12.7. The molecule has 3 rings (SSSR count). The Morgan fingerprint density at radius 1 is 1.14 bits per heavy atom. The third-order valence-corrected chi connectivity index (χ3v) is 7.77. The normalized spacial score (nSPS) is 12.8. The molecular weight excluding hydrogens is 517 g/mol. The number of aromatic nitrogens is 1. The van der Waals surface area contributed by atoms with E-state index in [2.05, 4.69) is 10.3 Å². The molecule has 3 aromatic rings. The number of hydrogen-bond donors (Lipinski definition) is 2. The van der Waals surface area contributed by atoms with E-state index in [1.54, 1.807) is 48.7 Å². The van der Waals surface area contributed by atoms with Crippen molar-refractivity contribution in [3.05, 3.63) is 65.0 Å². The minimum Gasteiger partial charge on any atom is -0.470 e. The molecule has 0 unspecified atom stereocenters. The number of hydrogen-bond acceptors (Lipinski definition) is 7. The van der Waals surface area contributed by atoms with Gasteiger partial charge in [0.05, 0.1) is 35.6 Å². The third-order valence-electron chi connectivity index (χ3n) is 5.27. The van der Waals surface area contributed by atoms with Crippen LogP contribution in [0.3, 0.4) is 0 Å². The molecule has 0 spiro atoms. The summed E-state index contributed by atoms with van der Waals surface area (Å²) in [4.78, 5) is 17.1. The Hall–Kier alpha value is -2.96. The number of nitrogens with zero attached hydrogens (tertiary/aromatic N) is 1. The molecule has 1 heterocycles. The summed E-state index contributed by atoms with van der Waals surface area (Å²) in [5.74, 6) is -0.461. The zero-order valence-electron chi connectivity index (χ0n) is 19.3. The lowest BCUT2D eigenvalue weighted by Crippen LogP contribution is -2.30. The highest BCUT2D eigenvalue weighted by Gasteiger charge is 2.26. The molecule has 0 bridgehead atoms. The second-order valence-electron chi connectivity index (χ2n) is 7.82. The molecule has 1 atom stereocenters. The Balaban J connectivity index is 1.60. The van der Waals surface area contributed by atoms with E-state index in [0.29, 0.717) is 22.4 Å². The zero-order valence-corrected chi connectivity index (χ0v) is 20.9. The highest BCUT2D eigenvalue weighted by molar-refractivity contribution is 7.91. The molecule has 0 fully saturated rings. The van der Waals surface area contributed by atoms with Crippen molar-refractivity contribution in [1.29, 1.82) is 0 Å². The Kier molecular flexibility index (Phi) is 9.09. The topological polar surface area (TPSA) is 106 Å². The summed E-state index contributed by atoms with van der Waals surface area (Å²) in [6.45, 7) is 1.08. The van der Waals surface area contributed by atoms with Gasteiger partial charge in [0.2, 0.25) is 0 Å². The van der Waals surface area contributed by atoms with Gasteiger partial charge in [-0.3, -0.25) is 4.79 Å². The Morgan fingerprint density at radius 3 is 2.39 bits per heavy atom. The number of aliphatic hydroxyl groups is 1. The fourth-order valence-electron chi connectivity index (χ4n) is 3.23. The molecule has 0 radical (unpaired) electrons. The molecule has 2 aromatic carbocycles. The average molecular weight is 543 g/mol. The SMILES string of the molecule is CCS(=O)(=O)c1ccc([C@H](CO)NC(=O)c2ccc(-c3csc(OCCCC(F)(F)F)n3)cc2)cc1. The molecule has 1 amide bonds. The van der Waals surface area contributed by atoms with Crippen molar-refractivity contribution in [3.8, 4) is 16.5 Å². The first kappa shape index (κ1) is 27.6. The van der Waals surface area contributed by atoms with Gasteiger partial charge in [-0.25, -0.2) is 13.4 Å². The summed E-state index contributed by atoms with van der Waals surface area (Å²) in [6, 6.07) is 11.8. The minimum absolute atomic E-state index is 0.0281. The fourth-order valence-corrected chi connectivity index (χ4v) is 4.82. The number of amides is 1. The van der Waals surface area contributed by atoms with Crippen LogP contribution in [0.15, 0.2) is 58.8 Å². The van der Waals surface area contributed by atoms with Crippen LogP contribution in [0.25, 0.3) is 11.3 Å². The van der Waals surface area contributed by atoms with Crippen molar-refractivity contribution in [2.45, 2.75) is 36.9 Å². The van der Waals surface area contributed by atoms with Gasteiger partial charge in [0.15, 0.2) is 9.84 Å². The minimum atomic E-state index is -4.22. The van der Waals surface area contributed by atoms with E-state index in [1.807, 2.05) is 0 Å². The van der Waals surface area contributed by atoms with Crippen molar-refractivity contribution in [3.63, 3.8) is 0 Å². The van der Waals surface area contributed by atoms with E-state index < -0.39 is 34.4 Å². The quantitative estimate of drug-likeness (QED) is 0.338. The first-order valence-corrected chi connectivity index (χ1v) is 13.6. The molecule has 194 valence electrons. The predicted molar refractivity (Wildman–Crippen MR) is 130 cm³/mol. The van der Waals surface area contributed by atoms with E-state index in [-0.39, 0.29) is 35.5 Å². The molecular formula is C24H25F3N2O5S2. The van der Waals surface area contributed by atoms with Gasteiger partial charge < -0.3 is 15.2 Å². The summed E-state index contributed by atoms with van der Waals surface area (Å²) in [5, 5.41) is 14.4. The molecule has 0 saturated carbocycles. The standard InChI is InChI=1S/C24H25F3N2O5S2/c1-2-36(32,33)19-10-8-16(9-11-19)20(14-30)28-22(31)18-6-4-17(5-7-18)21-15-35-23(29-21)34-13-3-12-24(25,26)27/h4-11,15,20,30H,2-3,12-14H2,1H3,(H,28,31)/t20-/m0/s1. The molecule has 2 N–H and O–H groups in total. The van der Waals surface area contributed by atoms with Crippen molar-refractivity contribution in [2.75, 3.05) is 19.0 Å². The van der Waals surface area contributed by atoms with Gasteiger partial charge in [-0.05, 0) is 36.2 Å². The monoisotopic (exact) mass is 542 g/mol. The number of aliphatic hydroxyl groups excluding tert-OH is 1. The van der Waals surface area contributed by atoms with Crippen LogP contribution >= 0.6 is 11.3 Å². The number of carbonyl (C=O) groups is 1. The number of nitrogens with one attached hydrogen (secondary N) is 1. The van der Waals surface area contributed by atoms with Gasteiger partial charge in [0.25, 0.3) is 11.1 Å². The second kappa shape index (κ2) is 11.8. The van der Waals surface area contributed by atoms with Crippen LogP contribution in [0, 0.1) is 0 Å². The number of carbonyl (C=O) groups excluding carboxylic acids is 1. The smallest absolute Gasteiger partial charge is 0.389 e. The fraction of sp³-hybridized carbons (Fsp3) is 0.333. The van der Waals surface area contributed by atoms with E-state index in [0.717, 1.165) is 0 Å². The van der Waals surface area contributed by atoms with Crippen LogP contribution in [0.2, 0.25) is 0 Å². The molecule has 0 aliphatic carbocycles. The second-order valence-corrected chi connectivity index (χ2v) is 10.9. The number of thiazole rings is 1. The molecule has 36 heavy (non-hydrogen) atoms. The van der Waals surface area contributed by atoms with E-state index >= 15 is 0 Å². The van der Waals surface area contributed by atoms with Crippen LogP contribution in [0.5, 0.6) is 5.19 Å². The van der Waals surface area contributed by atoms with Crippen molar-refractivity contribution in [1.82, 2.24) is 10.3 Å². The van der Waals surface area contributed by atoms with Gasteiger partial charge >= 0.3 is 6.18 Å². The van der Waals surface area contributed by atoms with Crippen LogP contribution < -0.4 is 10.1 Å². The lowest BCUT2D eigenvalue weighted by molar-refractivity contribution is -0.136. The first-order chi connectivity index (χ1) is 17.0. The maximum absolute atomic E-state index is 12.7. The van der Waals surface area contributed by atoms with Crippen LogP contribution in [-0.2, 0) is 9.84 Å². The largest absolute Gasteiger partial charge is 0.470 e. The molecule has 0 saturated heterocycles. The third kappa shape index (κ3) is 7.52. The summed E-state index contributed by atoms with van der Waals surface area (Å²) < 4.78 is 65.9. The van der Waals surface area contributed by atoms with Crippen molar-refractivity contribution < 1.29 is 36.2 Å². The number of rotatable bonds is 11. The van der Waals surface area contributed by atoms with Gasteiger partial charge in [-0.2, -0.15) is 13.2 Å². The lowest BCUT2D eigenvalue weighted by Gasteiger charge is -2.17. The van der Waals surface area contributed by atoms with Crippen LogP contribution in [-0.4, -0.2) is 49.6 Å². The molecule has 7 nitrogen and oxygen atoms in total. The van der Waals surface area contributed by atoms with Gasteiger partial charge in [0, 0.05) is 22.9 Å². The van der Waals surface area contributed by atoms with Gasteiger partial charge in [-0.1, -0.05) is 42.5 Å². The summed E-state index contributed by atoms with van der Waals surface area (Å²) in [7, 11) is -3.35. The van der Waals surface area contributed by atoms with E-state index in [9.17, 15) is 31.5 Å². The Labute approximate surface area is 210 Å². The summed E-state index contributed by atoms with van der Waals surface area (Å²) >= 11 is 1.17. The van der Waals surface area contributed by atoms with Crippen LogP contribution in [0.1, 0.15) is 41.7 Å². The first-order valence-electron chi connectivity index (χ1n) is 11.0. The summed E-state index contributed by atoms with van der Waals surface area (Å²) in [5.41, 5.74) is 2.15. The van der Waals surface area contributed by atoms with Crippen LogP contribution in [0.4, 0.5) is 13.2 Å². The van der Waals surface area contributed by atoms with Gasteiger partial charge in [-0.15, -0.1) is 0 Å². The average Bonchev–Trinajstić information content (AvgIpc) is 3.33. The summed E-state index contributed by atoms with van der Waals surface area (Å²) in [6.07, 6.45) is -5.29. The maximum Gasteiger partial charge on any atom is 0.389 e. The number of halogens is 3. The Bertz CT molecular complexity index is 1260. The molecule has 0 aliphatic heterocycles. The zero-order chi connectivity index (χ0) is 26.3. The van der Waals surface area contributed by atoms with Crippen molar-refractivity contribution >= 4 is 27.1 Å². The number of ether oxygens (including phenoxy) is 1. The number of alkyl halides is 3. The highest BCUT2D eigenvalue weighted by Crippen LogP contribution is 2.28. The van der Waals surface area contributed by atoms with E-state index in [4.69, 9.17) is 4.74 Å². The highest BCUT2D eigenvalue weighted by atomic mass is 32.2. The van der Waals surface area contributed by atoms with Crippen molar-refractivity contribution in [2.24, 2.45) is 0 Å². The number of sulfone groups is 1.